The number of nitrogens with zero attached hydrogens (tertiary/aromatic N) is 2. The van der Waals surface area contributed by atoms with Gasteiger partial charge in [-0.1, -0.05) is 42.5 Å². The highest BCUT2D eigenvalue weighted by atomic mass is 16.5. The minimum atomic E-state index is -0.163. The van der Waals surface area contributed by atoms with Gasteiger partial charge in [0.15, 0.2) is 5.78 Å². The van der Waals surface area contributed by atoms with Gasteiger partial charge in [-0.2, -0.15) is 5.10 Å². The van der Waals surface area contributed by atoms with E-state index < -0.39 is 0 Å². The summed E-state index contributed by atoms with van der Waals surface area (Å²) in [7, 11) is 0. The van der Waals surface area contributed by atoms with Gasteiger partial charge < -0.3 is 15.6 Å². The van der Waals surface area contributed by atoms with Crippen molar-refractivity contribution in [3.63, 3.8) is 0 Å². The number of ether oxygens (including phenoxy) is 1. The van der Waals surface area contributed by atoms with Crippen LogP contribution in [0.15, 0.2) is 84.6 Å². The Morgan fingerprint density at radius 3 is 2.55 bits per heavy atom. The van der Waals surface area contributed by atoms with Gasteiger partial charge in [0.05, 0.1) is 11.8 Å². The summed E-state index contributed by atoms with van der Waals surface area (Å²) >= 11 is 0. The molecule has 0 saturated carbocycles. The molecule has 6 nitrogen and oxygen atoms in total. The molecular formula is C25H19N3O3. The van der Waals surface area contributed by atoms with Crippen LogP contribution in [0.3, 0.4) is 0 Å². The minimum absolute atomic E-state index is 0.0604. The number of para-hydroxylation sites is 1. The molecule has 3 N–H and O–H groups in total. The Hall–Kier alpha value is -4.32. The summed E-state index contributed by atoms with van der Waals surface area (Å²) in [4.78, 5) is 13.0. The summed E-state index contributed by atoms with van der Waals surface area (Å²) in [5, 5.41) is 14.8. The molecule has 1 heterocycles. The van der Waals surface area contributed by atoms with Crippen LogP contribution >= 0.6 is 0 Å². The molecule has 1 aromatic heterocycles. The average molecular weight is 409 g/mol. The third kappa shape index (κ3) is 3.44. The number of ketones is 1. The Labute approximate surface area is 178 Å². The van der Waals surface area contributed by atoms with Crippen molar-refractivity contribution in [2.45, 2.75) is 6.42 Å². The monoisotopic (exact) mass is 409 g/mol. The molecule has 0 radical (unpaired) electrons. The number of aromatic hydroxyl groups is 1. The number of nitrogen functional groups attached to an aromatic ring is 1. The van der Waals surface area contributed by atoms with E-state index in [1.54, 1.807) is 12.1 Å². The van der Waals surface area contributed by atoms with E-state index >= 15 is 0 Å². The molecule has 5 rings (SSSR count). The van der Waals surface area contributed by atoms with Crippen LogP contribution in [-0.2, 0) is 6.42 Å². The molecule has 0 atom stereocenters. The number of carbonyl (C=O) groups excluding carboxylic acids is 1. The molecule has 0 amide bonds. The van der Waals surface area contributed by atoms with Crippen LogP contribution in [0.5, 0.6) is 17.2 Å². The number of carbonyl (C=O) groups is 1. The molecule has 152 valence electrons. The highest BCUT2D eigenvalue weighted by Crippen LogP contribution is 2.33. The molecule has 0 saturated heterocycles. The van der Waals surface area contributed by atoms with Gasteiger partial charge in [-0.3, -0.25) is 4.79 Å². The number of phenolic OH excluding ortho intramolecular Hbond substituents is 1. The topological polar surface area (TPSA) is 90.4 Å². The lowest BCUT2D eigenvalue weighted by Crippen LogP contribution is -2.08. The average Bonchev–Trinajstić information content (AvgIpc) is 3.38. The number of rotatable bonds is 5. The molecule has 0 fully saturated rings. The second kappa shape index (κ2) is 7.50. The predicted molar refractivity (Wildman–Crippen MR) is 119 cm³/mol. The zero-order valence-electron chi connectivity index (χ0n) is 16.5. The number of anilines is 1. The first-order chi connectivity index (χ1) is 15.1. The zero-order valence-corrected chi connectivity index (χ0v) is 16.5. The summed E-state index contributed by atoms with van der Waals surface area (Å²) in [6, 6.07) is 22.0. The molecule has 4 aromatic rings. The Balaban J connectivity index is 1.41. The van der Waals surface area contributed by atoms with Crippen molar-refractivity contribution in [1.82, 2.24) is 9.78 Å². The minimum Gasteiger partial charge on any atom is -0.506 e. The van der Waals surface area contributed by atoms with Crippen molar-refractivity contribution < 1.29 is 14.6 Å². The summed E-state index contributed by atoms with van der Waals surface area (Å²) in [6.45, 7) is 0. The van der Waals surface area contributed by atoms with E-state index in [2.05, 4.69) is 5.10 Å². The smallest absolute Gasteiger partial charge is 0.194 e. The van der Waals surface area contributed by atoms with E-state index in [-0.39, 0.29) is 17.4 Å². The van der Waals surface area contributed by atoms with Crippen LogP contribution in [0.4, 0.5) is 5.82 Å². The maximum Gasteiger partial charge on any atom is 0.194 e. The van der Waals surface area contributed by atoms with E-state index in [4.69, 9.17) is 10.5 Å². The van der Waals surface area contributed by atoms with Gasteiger partial charge >= 0.3 is 0 Å². The number of phenols is 1. The van der Waals surface area contributed by atoms with Crippen LogP contribution in [0.1, 0.15) is 21.5 Å². The molecule has 0 unspecified atom stereocenters. The van der Waals surface area contributed by atoms with E-state index in [0.29, 0.717) is 34.7 Å². The van der Waals surface area contributed by atoms with Gasteiger partial charge in [-0.25, -0.2) is 4.68 Å². The molecule has 0 aliphatic heterocycles. The Bertz CT molecular complexity index is 1320. The normalized spacial score (nSPS) is 12.3. The number of fused-ring (bicyclic) bond motifs is 1. The predicted octanol–water partition coefficient (Wildman–Crippen LogP) is 4.77. The lowest BCUT2D eigenvalue weighted by atomic mass is 10.0. The molecule has 31 heavy (non-hydrogen) atoms. The fourth-order valence-electron chi connectivity index (χ4n) is 3.69. The number of hydrogen-bond donors (Lipinski definition) is 2. The fourth-order valence-corrected chi connectivity index (χ4v) is 3.69. The molecule has 6 heteroatoms. The number of hydrogen-bond acceptors (Lipinski definition) is 5. The van der Waals surface area contributed by atoms with Crippen molar-refractivity contribution in [2.24, 2.45) is 0 Å². The zero-order chi connectivity index (χ0) is 21.4. The summed E-state index contributed by atoms with van der Waals surface area (Å²) in [5.41, 5.74) is 9.75. The van der Waals surface area contributed by atoms with E-state index in [0.717, 1.165) is 11.1 Å². The lowest BCUT2D eigenvalue weighted by molar-refractivity contribution is 0.103. The van der Waals surface area contributed by atoms with Gasteiger partial charge in [-0.05, 0) is 41.5 Å². The first-order valence-corrected chi connectivity index (χ1v) is 9.83. The Morgan fingerprint density at radius 2 is 1.77 bits per heavy atom. The molecule has 3 aromatic carbocycles. The van der Waals surface area contributed by atoms with Crippen LogP contribution in [0.2, 0.25) is 0 Å². The highest BCUT2D eigenvalue weighted by molar-refractivity contribution is 6.15. The molecule has 0 spiro atoms. The summed E-state index contributed by atoms with van der Waals surface area (Å²) in [6.07, 6.45) is 3.90. The first-order valence-electron chi connectivity index (χ1n) is 9.83. The molecule has 1 aliphatic carbocycles. The van der Waals surface area contributed by atoms with Crippen molar-refractivity contribution >= 4 is 17.7 Å². The number of benzene rings is 3. The Kier molecular flexibility index (Phi) is 4.52. The van der Waals surface area contributed by atoms with Crippen molar-refractivity contribution in [2.75, 3.05) is 5.73 Å². The Morgan fingerprint density at radius 1 is 1.00 bits per heavy atom. The second-order valence-electron chi connectivity index (χ2n) is 7.30. The highest BCUT2D eigenvalue weighted by Gasteiger charge is 2.24. The van der Waals surface area contributed by atoms with Crippen molar-refractivity contribution in [3.05, 3.63) is 101 Å². The summed E-state index contributed by atoms with van der Waals surface area (Å²) < 4.78 is 7.10. The maximum atomic E-state index is 13.0. The van der Waals surface area contributed by atoms with Crippen molar-refractivity contribution in [1.29, 1.82) is 0 Å². The molecule has 1 aliphatic rings. The van der Waals surface area contributed by atoms with Crippen LogP contribution in [0, 0.1) is 0 Å². The van der Waals surface area contributed by atoms with Gasteiger partial charge in [-0.15, -0.1) is 0 Å². The number of nitrogens with two attached hydrogens (primary N) is 1. The van der Waals surface area contributed by atoms with Crippen LogP contribution in [0.25, 0.3) is 11.8 Å². The van der Waals surface area contributed by atoms with Gasteiger partial charge in [0.1, 0.15) is 28.8 Å². The third-order valence-electron chi connectivity index (χ3n) is 5.26. The first kappa shape index (κ1) is 18.7. The van der Waals surface area contributed by atoms with Gasteiger partial charge in [0.2, 0.25) is 0 Å². The number of aromatic nitrogens is 2. The standard InChI is InChI=1S/C25H19N3O3/c26-25-21(24(30)18-12-16-6-4-5-7-17(16)13-18)15-27-28(25)22-11-10-20(14-23(22)29)31-19-8-2-1-3-9-19/h1-12,14-15,29H,13,26H2. The molecular weight excluding hydrogens is 390 g/mol. The SMILES string of the molecule is Nc1c(C(=O)C2=Cc3ccccc3C2)cnn1-c1ccc(Oc2ccccc2)cc1O. The van der Waals surface area contributed by atoms with Crippen molar-refractivity contribution in [3.8, 4) is 22.9 Å². The van der Waals surface area contributed by atoms with Gasteiger partial charge in [0, 0.05) is 18.1 Å². The maximum absolute atomic E-state index is 13.0. The van der Waals surface area contributed by atoms with Gasteiger partial charge in [0.25, 0.3) is 0 Å². The van der Waals surface area contributed by atoms with E-state index in [9.17, 15) is 9.90 Å². The van der Waals surface area contributed by atoms with E-state index in [1.165, 1.54) is 16.9 Å². The third-order valence-corrected chi connectivity index (χ3v) is 5.26. The quantitative estimate of drug-likeness (QED) is 0.463. The largest absolute Gasteiger partial charge is 0.506 e. The molecule has 0 bridgehead atoms. The number of allylic oxidation sites excluding steroid dienone is 1. The van der Waals surface area contributed by atoms with Crippen LogP contribution < -0.4 is 10.5 Å². The number of Topliss-reactive ketones (excluding diaryl/α,β-unsaturated/α-hetero) is 1. The van der Waals surface area contributed by atoms with Crippen LogP contribution in [-0.4, -0.2) is 20.7 Å². The fraction of sp³-hybridized carbons (Fsp3) is 0.0400. The second-order valence-corrected chi connectivity index (χ2v) is 7.30. The lowest BCUT2D eigenvalue weighted by Gasteiger charge is -2.10. The van der Waals surface area contributed by atoms with E-state index in [1.807, 2.05) is 60.7 Å². The summed E-state index contributed by atoms with van der Waals surface area (Å²) in [5.74, 6) is 1.09.